The number of ether oxygens (including phenoxy) is 1. The number of benzene rings is 3. The minimum Gasteiger partial charge on any atom is -0.497 e. The smallest absolute Gasteiger partial charge is 0.240 e. The minimum absolute atomic E-state index is 0.103. The van der Waals surface area contributed by atoms with E-state index in [0.717, 1.165) is 16.0 Å². The summed E-state index contributed by atoms with van der Waals surface area (Å²) >= 11 is 1.36. The van der Waals surface area contributed by atoms with Crippen LogP contribution in [0, 0.1) is 11.8 Å². The molecule has 1 aromatic heterocycles. The second-order valence-electron chi connectivity index (χ2n) is 8.61. The second kappa shape index (κ2) is 6.26. The van der Waals surface area contributed by atoms with Gasteiger partial charge in [0.1, 0.15) is 5.75 Å². The number of thiazole rings is 1. The molecule has 8 rings (SSSR count). The van der Waals surface area contributed by atoms with E-state index in [9.17, 15) is 9.59 Å². The highest BCUT2D eigenvalue weighted by atomic mass is 32.1. The Bertz CT molecular complexity index is 1340. The second-order valence-corrected chi connectivity index (χ2v) is 9.62. The van der Waals surface area contributed by atoms with Gasteiger partial charge in [0.2, 0.25) is 11.8 Å². The van der Waals surface area contributed by atoms with Gasteiger partial charge < -0.3 is 4.74 Å². The van der Waals surface area contributed by atoms with Crippen molar-refractivity contribution in [1.82, 2.24) is 4.98 Å². The maximum absolute atomic E-state index is 13.8. The Labute approximate surface area is 188 Å². The van der Waals surface area contributed by atoms with Crippen LogP contribution in [0.25, 0.3) is 10.2 Å². The number of aromatic nitrogens is 1. The third-order valence-electron chi connectivity index (χ3n) is 7.22. The molecular weight excluding hydrogens is 420 g/mol. The lowest BCUT2D eigenvalue weighted by atomic mass is 9.55. The van der Waals surface area contributed by atoms with Crippen molar-refractivity contribution in [2.75, 3.05) is 12.0 Å². The Balaban J connectivity index is 1.40. The van der Waals surface area contributed by atoms with Crippen LogP contribution in [0.4, 0.5) is 5.13 Å². The molecular formula is C26H18N2O3S. The Morgan fingerprint density at radius 1 is 0.812 bits per heavy atom. The van der Waals surface area contributed by atoms with Crippen molar-refractivity contribution < 1.29 is 14.3 Å². The van der Waals surface area contributed by atoms with E-state index in [1.807, 2.05) is 42.5 Å². The predicted molar refractivity (Wildman–Crippen MR) is 122 cm³/mol. The highest BCUT2D eigenvalue weighted by Gasteiger charge is 2.62. The van der Waals surface area contributed by atoms with Gasteiger partial charge in [-0.25, -0.2) is 9.88 Å². The number of rotatable bonds is 2. The van der Waals surface area contributed by atoms with E-state index in [4.69, 9.17) is 4.74 Å². The summed E-state index contributed by atoms with van der Waals surface area (Å²) in [7, 11) is 1.62. The number of fused-ring (bicyclic) bond motifs is 1. The molecule has 4 aliphatic rings. The molecule has 1 saturated heterocycles. The zero-order chi connectivity index (χ0) is 21.6. The van der Waals surface area contributed by atoms with Crippen LogP contribution < -0.4 is 9.64 Å². The molecule has 1 aliphatic heterocycles. The number of carbonyl (C=O) groups is 2. The lowest BCUT2D eigenvalue weighted by Gasteiger charge is -2.45. The van der Waals surface area contributed by atoms with E-state index in [1.165, 1.54) is 38.5 Å². The van der Waals surface area contributed by atoms with Gasteiger partial charge >= 0.3 is 0 Å². The van der Waals surface area contributed by atoms with Crippen LogP contribution in [-0.2, 0) is 9.59 Å². The van der Waals surface area contributed by atoms with Gasteiger partial charge in [-0.15, -0.1) is 0 Å². The first kappa shape index (κ1) is 18.1. The molecule has 156 valence electrons. The van der Waals surface area contributed by atoms with Crippen molar-refractivity contribution in [2.24, 2.45) is 11.8 Å². The van der Waals surface area contributed by atoms with Crippen LogP contribution in [0.2, 0.25) is 0 Å². The van der Waals surface area contributed by atoms with Gasteiger partial charge in [-0.3, -0.25) is 9.59 Å². The molecule has 2 bridgehead atoms. The minimum atomic E-state index is -0.390. The molecule has 32 heavy (non-hydrogen) atoms. The lowest BCUT2D eigenvalue weighted by Crippen LogP contribution is -2.41. The van der Waals surface area contributed by atoms with Crippen LogP contribution >= 0.6 is 11.3 Å². The summed E-state index contributed by atoms with van der Waals surface area (Å²) in [5.41, 5.74) is 5.46. The number of nitrogens with zero attached hydrogens (tertiary/aromatic N) is 2. The molecule has 4 aromatic rings. The van der Waals surface area contributed by atoms with E-state index in [-0.39, 0.29) is 35.5 Å². The Morgan fingerprint density at radius 3 is 1.84 bits per heavy atom. The molecule has 0 N–H and O–H groups in total. The molecule has 5 nitrogen and oxygen atoms in total. The largest absolute Gasteiger partial charge is 0.497 e. The molecule has 2 amide bonds. The lowest BCUT2D eigenvalue weighted by molar-refractivity contribution is -0.122. The van der Waals surface area contributed by atoms with Crippen LogP contribution in [0.1, 0.15) is 34.1 Å². The summed E-state index contributed by atoms with van der Waals surface area (Å²) < 4.78 is 6.21. The molecule has 3 aromatic carbocycles. The third-order valence-corrected chi connectivity index (χ3v) is 8.23. The normalized spacial score (nSPS) is 25.1. The van der Waals surface area contributed by atoms with E-state index in [2.05, 4.69) is 29.2 Å². The van der Waals surface area contributed by atoms with Crippen LogP contribution in [0.3, 0.4) is 0 Å². The third kappa shape index (κ3) is 2.15. The first-order chi connectivity index (χ1) is 15.7. The molecule has 2 atom stereocenters. The Kier molecular flexibility index (Phi) is 3.54. The van der Waals surface area contributed by atoms with Gasteiger partial charge in [0.25, 0.3) is 0 Å². The highest BCUT2D eigenvalue weighted by molar-refractivity contribution is 7.22. The van der Waals surface area contributed by atoms with Crippen LogP contribution in [-0.4, -0.2) is 23.9 Å². The van der Waals surface area contributed by atoms with E-state index >= 15 is 0 Å². The standard InChI is InChI=1S/C26H18N2O3S/c1-31-13-10-11-18-19(12-13)32-26(27-18)28-24(29)22-20-14-6-2-3-7-15(14)21(23(22)25(28)30)17-9-5-4-8-16(17)20/h2-12,20-23H,1H3/t20?,21?,22-,23+. The van der Waals surface area contributed by atoms with Crippen LogP contribution in [0.5, 0.6) is 5.75 Å². The van der Waals surface area contributed by atoms with Crippen LogP contribution in [0.15, 0.2) is 66.7 Å². The fourth-order valence-corrected chi connectivity index (χ4v) is 6.99. The van der Waals surface area contributed by atoms with Gasteiger partial charge in [-0.2, -0.15) is 0 Å². The van der Waals surface area contributed by atoms with Crippen molar-refractivity contribution in [3.63, 3.8) is 0 Å². The molecule has 0 radical (unpaired) electrons. The molecule has 1 fully saturated rings. The average Bonchev–Trinajstić information content (AvgIpc) is 3.36. The summed E-state index contributed by atoms with van der Waals surface area (Å²) in [6.45, 7) is 0. The average molecular weight is 439 g/mol. The Morgan fingerprint density at radius 2 is 1.34 bits per heavy atom. The van der Waals surface area contributed by atoms with Crippen molar-refractivity contribution in [3.8, 4) is 5.75 Å². The highest BCUT2D eigenvalue weighted by Crippen LogP contribution is 2.61. The number of carbonyl (C=O) groups excluding carboxylic acids is 2. The summed E-state index contributed by atoms with van der Waals surface area (Å²) in [4.78, 5) is 33.6. The van der Waals surface area contributed by atoms with Gasteiger partial charge in [0.15, 0.2) is 5.13 Å². The van der Waals surface area contributed by atoms with Gasteiger partial charge in [-0.05, 0) is 40.5 Å². The fraction of sp³-hybridized carbons (Fsp3) is 0.192. The maximum atomic E-state index is 13.8. The number of hydrogen-bond donors (Lipinski definition) is 0. The monoisotopic (exact) mass is 438 g/mol. The van der Waals surface area contributed by atoms with E-state index in [1.54, 1.807) is 7.11 Å². The zero-order valence-electron chi connectivity index (χ0n) is 17.2. The summed E-state index contributed by atoms with van der Waals surface area (Å²) in [5, 5.41) is 0.449. The predicted octanol–water partition coefficient (Wildman–Crippen LogP) is 4.70. The van der Waals surface area contributed by atoms with Gasteiger partial charge in [0, 0.05) is 11.8 Å². The van der Waals surface area contributed by atoms with Crippen molar-refractivity contribution in [1.29, 1.82) is 0 Å². The first-order valence-electron chi connectivity index (χ1n) is 10.7. The molecule has 0 spiro atoms. The van der Waals surface area contributed by atoms with E-state index < -0.39 is 0 Å². The van der Waals surface area contributed by atoms with Crippen molar-refractivity contribution in [3.05, 3.63) is 89.0 Å². The Hall–Kier alpha value is -3.51. The molecule has 3 aliphatic carbocycles. The summed E-state index contributed by atoms with van der Waals surface area (Å²) in [6, 6.07) is 22.2. The maximum Gasteiger partial charge on any atom is 0.240 e. The molecule has 0 unspecified atom stereocenters. The first-order valence-corrected chi connectivity index (χ1v) is 11.5. The molecule has 2 heterocycles. The number of hydrogen-bond acceptors (Lipinski definition) is 5. The molecule has 0 saturated carbocycles. The summed E-state index contributed by atoms with van der Waals surface area (Å²) in [6.07, 6.45) is 0. The number of anilines is 1. The SMILES string of the molecule is COc1ccc2nc(N3C(=O)[C@@H]4C5c6ccccc6C(c6ccccc65)[C@@H]4C3=O)sc2c1. The van der Waals surface area contributed by atoms with Gasteiger partial charge in [-0.1, -0.05) is 59.9 Å². The van der Waals surface area contributed by atoms with E-state index in [0.29, 0.717) is 5.13 Å². The summed E-state index contributed by atoms with van der Waals surface area (Å²) in [5.74, 6) is -0.529. The number of imide groups is 1. The number of methoxy groups -OCH3 is 1. The fourth-order valence-electron chi connectivity index (χ4n) is 5.98. The topological polar surface area (TPSA) is 59.5 Å². The quantitative estimate of drug-likeness (QED) is 0.426. The zero-order valence-corrected chi connectivity index (χ0v) is 18.0. The molecule has 6 heteroatoms. The van der Waals surface area contributed by atoms with Crippen molar-refractivity contribution >= 4 is 38.5 Å². The van der Waals surface area contributed by atoms with Crippen molar-refractivity contribution in [2.45, 2.75) is 11.8 Å². The van der Waals surface area contributed by atoms with Gasteiger partial charge in [0.05, 0.1) is 29.2 Å². The number of amides is 2.